The molecular weight excluding hydrogens is 398 g/mol. The molecule has 1 aliphatic rings. The number of nitrogens with zero attached hydrogens (tertiary/aromatic N) is 1. The highest BCUT2D eigenvalue weighted by Crippen LogP contribution is 2.27. The van der Waals surface area contributed by atoms with Crippen LogP contribution >= 0.6 is 0 Å². The molecule has 5 nitrogen and oxygen atoms in total. The second-order valence-electron chi connectivity index (χ2n) is 8.46. The molecule has 168 valence electrons. The van der Waals surface area contributed by atoms with Crippen LogP contribution in [0.3, 0.4) is 0 Å². The van der Waals surface area contributed by atoms with E-state index in [4.69, 9.17) is 4.74 Å². The summed E-state index contributed by atoms with van der Waals surface area (Å²) in [5.74, 6) is 0.335. The van der Waals surface area contributed by atoms with E-state index in [2.05, 4.69) is 28.8 Å². The Bertz CT molecular complexity index is 1040. The predicted octanol–water partition coefficient (Wildman–Crippen LogP) is 5.21. The zero-order valence-corrected chi connectivity index (χ0v) is 19.5. The minimum absolute atomic E-state index is 0.00266. The van der Waals surface area contributed by atoms with Gasteiger partial charge in [0.05, 0.1) is 12.6 Å². The summed E-state index contributed by atoms with van der Waals surface area (Å²) in [7, 11) is 0. The van der Waals surface area contributed by atoms with Gasteiger partial charge in [-0.25, -0.2) is 0 Å². The molecule has 0 fully saturated rings. The number of ether oxygens (including phenoxy) is 1. The molecular formula is C27H33N3O2. The maximum Gasteiger partial charge on any atom is 0.263 e. The van der Waals surface area contributed by atoms with Crippen molar-refractivity contribution in [3.63, 3.8) is 0 Å². The quantitative estimate of drug-likeness (QED) is 0.445. The molecule has 5 heteroatoms. The molecule has 0 saturated heterocycles. The van der Waals surface area contributed by atoms with Crippen LogP contribution in [0.2, 0.25) is 0 Å². The number of amides is 1. The second kappa shape index (κ2) is 10.9. The van der Waals surface area contributed by atoms with Crippen molar-refractivity contribution in [1.82, 2.24) is 10.6 Å². The lowest BCUT2D eigenvalue weighted by molar-refractivity contribution is -0.117. The third-order valence-electron chi connectivity index (χ3n) is 5.99. The van der Waals surface area contributed by atoms with Crippen LogP contribution in [0.25, 0.3) is 0 Å². The Labute approximate surface area is 191 Å². The number of nitrogens with one attached hydrogen (secondary N) is 2. The van der Waals surface area contributed by atoms with E-state index in [1.807, 2.05) is 52.0 Å². The van der Waals surface area contributed by atoms with Gasteiger partial charge in [0.25, 0.3) is 5.91 Å². The van der Waals surface area contributed by atoms with Crippen LogP contribution in [0, 0.1) is 18.3 Å². The van der Waals surface area contributed by atoms with E-state index >= 15 is 0 Å². The van der Waals surface area contributed by atoms with E-state index < -0.39 is 5.91 Å². The Morgan fingerprint density at radius 2 is 1.88 bits per heavy atom. The maximum atomic E-state index is 12.8. The van der Waals surface area contributed by atoms with Gasteiger partial charge in [-0.15, -0.1) is 0 Å². The van der Waals surface area contributed by atoms with Gasteiger partial charge in [-0.2, -0.15) is 5.26 Å². The molecule has 2 unspecified atom stereocenters. The number of fused-ring (bicyclic) bond motifs is 1. The molecule has 2 aromatic carbocycles. The first-order chi connectivity index (χ1) is 15.4. The van der Waals surface area contributed by atoms with Gasteiger partial charge in [0.1, 0.15) is 17.4 Å². The summed E-state index contributed by atoms with van der Waals surface area (Å²) < 4.78 is 5.71. The lowest BCUT2D eigenvalue weighted by Crippen LogP contribution is -2.29. The Morgan fingerprint density at radius 1 is 1.12 bits per heavy atom. The fourth-order valence-electron chi connectivity index (χ4n) is 4.12. The topological polar surface area (TPSA) is 74.1 Å². The van der Waals surface area contributed by atoms with Crippen molar-refractivity contribution < 1.29 is 9.53 Å². The van der Waals surface area contributed by atoms with E-state index in [0.717, 1.165) is 35.3 Å². The number of rotatable bonds is 8. The second-order valence-corrected chi connectivity index (χ2v) is 8.46. The van der Waals surface area contributed by atoms with Crippen molar-refractivity contribution in [2.75, 3.05) is 6.61 Å². The van der Waals surface area contributed by atoms with E-state index in [1.165, 1.54) is 30.2 Å². The number of carbonyl (C=O) groups excluding carboxylic acids is 1. The van der Waals surface area contributed by atoms with Crippen LogP contribution in [0.1, 0.15) is 73.5 Å². The molecule has 0 spiro atoms. The Balaban J connectivity index is 1.68. The van der Waals surface area contributed by atoms with Crippen LogP contribution < -0.4 is 15.4 Å². The standard InChI is InChI=1S/C27H33N3O2/c1-5-32-26-13-10-18(2)14-25(26)20(4)30-27(31)24(16-28)17-29-19(3)22-12-11-21-8-6-7-9-23(21)15-22/h10-15,17,19-20,29H,5-9H2,1-4H3,(H,30,31)/b24-17-. The molecule has 0 aromatic heterocycles. The fraction of sp³-hybridized carbons (Fsp3) is 0.407. The minimum atomic E-state index is -0.408. The van der Waals surface area contributed by atoms with Gasteiger partial charge in [0, 0.05) is 17.8 Å². The number of aryl methyl sites for hydroxylation is 3. The molecule has 1 amide bonds. The number of benzene rings is 2. The lowest BCUT2D eigenvalue weighted by Gasteiger charge is -2.20. The highest BCUT2D eigenvalue weighted by atomic mass is 16.5. The van der Waals surface area contributed by atoms with Crippen molar-refractivity contribution in [2.45, 2.75) is 65.5 Å². The average molecular weight is 432 g/mol. The van der Waals surface area contributed by atoms with Crippen molar-refractivity contribution in [1.29, 1.82) is 5.26 Å². The largest absolute Gasteiger partial charge is 0.494 e. The number of hydrogen-bond donors (Lipinski definition) is 2. The lowest BCUT2D eigenvalue weighted by atomic mass is 9.89. The van der Waals surface area contributed by atoms with Crippen molar-refractivity contribution >= 4 is 5.91 Å². The van der Waals surface area contributed by atoms with E-state index in [1.54, 1.807) is 0 Å². The van der Waals surface area contributed by atoms with E-state index in [9.17, 15) is 10.1 Å². The summed E-state index contributed by atoms with van der Waals surface area (Å²) in [4.78, 5) is 12.8. The molecule has 1 aliphatic carbocycles. The zero-order chi connectivity index (χ0) is 23.1. The average Bonchev–Trinajstić information content (AvgIpc) is 2.80. The third-order valence-corrected chi connectivity index (χ3v) is 5.99. The molecule has 32 heavy (non-hydrogen) atoms. The Morgan fingerprint density at radius 3 is 2.59 bits per heavy atom. The monoisotopic (exact) mass is 431 g/mol. The van der Waals surface area contributed by atoms with Crippen molar-refractivity contribution in [2.24, 2.45) is 0 Å². The van der Waals surface area contributed by atoms with Crippen molar-refractivity contribution in [3.8, 4) is 11.8 Å². The summed E-state index contributed by atoms with van der Waals surface area (Å²) in [6, 6.07) is 14.2. The summed E-state index contributed by atoms with van der Waals surface area (Å²) in [5.41, 5.74) is 6.05. The van der Waals surface area contributed by atoms with Crippen LogP contribution in [-0.4, -0.2) is 12.5 Å². The molecule has 0 heterocycles. The van der Waals surface area contributed by atoms with Gasteiger partial charge in [-0.05, 0) is 76.1 Å². The fourth-order valence-corrected chi connectivity index (χ4v) is 4.12. The van der Waals surface area contributed by atoms with Gasteiger partial charge in [-0.1, -0.05) is 35.9 Å². The van der Waals surface area contributed by atoms with Gasteiger partial charge in [0.15, 0.2) is 0 Å². The smallest absolute Gasteiger partial charge is 0.263 e. The first-order valence-electron chi connectivity index (χ1n) is 11.4. The predicted molar refractivity (Wildman–Crippen MR) is 127 cm³/mol. The summed E-state index contributed by atoms with van der Waals surface area (Å²) in [6.07, 6.45) is 6.29. The SMILES string of the molecule is CCOc1ccc(C)cc1C(C)NC(=O)/C(C#N)=C\NC(C)c1ccc2c(c1)CCCC2. The maximum absolute atomic E-state index is 12.8. The molecule has 2 N–H and O–H groups in total. The van der Waals surface area contributed by atoms with Crippen LogP contribution in [0.4, 0.5) is 0 Å². The number of hydrogen-bond acceptors (Lipinski definition) is 4. The molecule has 0 radical (unpaired) electrons. The molecule has 2 atom stereocenters. The highest BCUT2D eigenvalue weighted by Gasteiger charge is 2.18. The first-order valence-corrected chi connectivity index (χ1v) is 11.4. The molecule has 2 aromatic rings. The van der Waals surface area contributed by atoms with Gasteiger partial charge in [0.2, 0.25) is 0 Å². The number of nitriles is 1. The van der Waals surface area contributed by atoms with Crippen molar-refractivity contribution in [3.05, 3.63) is 76.0 Å². The summed E-state index contributed by atoms with van der Waals surface area (Å²) >= 11 is 0. The third kappa shape index (κ3) is 5.70. The minimum Gasteiger partial charge on any atom is -0.494 e. The summed E-state index contributed by atoms with van der Waals surface area (Å²) in [5, 5.41) is 15.7. The first kappa shape index (κ1) is 23.4. The molecule has 0 aliphatic heterocycles. The molecule has 3 rings (SSSR count). The number of carbonyl (C=O) groups is 1. The van der Waals surface area contributed by atoms with E-state index in [-0.39, 0.29) is 17.7 Å². The Hall–Kier alpha value is -3.26. The van der Waals surface area contributed by atoms with Crippen LogP contribution in [0.5, 0.6) is 5.75 Å². The van der Waals surface area contributed by atoms with E-state index in [0.29, 0.717) is 6.61 Å². The molecule has 0 bridgehead atoms. The zero-order valence-electron chi connectivity index (χ0n) is 19.5. The normalized spacial score (nSPS) is 15.2. The summed E-state index contributed by atoms with van der Waals surface area (Å²) in [6.45, 7) is 8.41. The van der Waals surface area contributed by atoms with Gasteiger partial charge >= 0.3 is 0 Å². The van der Waals surface area contributed by atoms with Gasteiger partial charge in [-0.3, -0.25) is 4.79 Å². The Kier molecular flexibility index (Phi) is 7.94. The van der Waals surface area contributed by atoms with Crippen LogP contribution in [-0.2, 0) is 17.6 Å². The van der Waals surface area contributed by atoms with Crippen LogP contribution in [0.15, 0.2) is 48.2 Å². The van der Waals surface area contributed by atoms with Gasteiger partial charge < -0.3 is 15.4 Å². The molecule has 0 saturated carbocycles. The highest BCUT2D eigenvalue weighted by molar-refractivity contribution is 5.97.